The number of nitriles is 1. The summed E-state index contributed by atoms with van der Waals surface area (Å²) < 4.78 is 14.1. The average molecular weight is 485 g/mol. The van der Waals surface area contributed by atoms with Crippen molar-refractivity contribution in [3.8, 4) is 17.2 Å². The molecule has 0 fully saturated rings. The lowest BCUT2D eigenvalue weighted by atomic mass is 9.99. The van der Waals surface area contributed by atoms with Crippen LogP contribution in [-0.4, -0.2) is 27.7 Å². The largest absolute Gasteiger partial charge is 0.318 e. The fourth-order valence-electron chi connectivity index (χ4n) is 3.85. The number of aromatic nitrogens is 1. The standard InChI is InChI=1S/C27H21FN4O2S/c1-3-4-5-6-17(2)24(25(33)31-27-30-11-12-35-27)32-16-21-10-8-18(13-22(21)26(32)34)19-7-9-20(15-29)23(28)14-19/h3-14,24H,2,16H2,1H3,(H,30,31,33)/b4-3-,6-5-/t24-/m0/s1. The van der Waals surface area contributed by atoms with E-state index in [9.17, 15) is 14.0 Å². The van der Waals surface area contributed by atoms with Gasteiger partial charge in [0.2, 0.25) is 0 Å². The van der Waals surface area contributed by atoms with E-state index in [4.69, 9.17) is 5.26 Å². The Morgan fingerprint density at radius 2 is 2.06 bits per heavy atom. The fraction of sp³-hybridized carbons (Fsp3) is 0.111. The molecule has 2 aromatic carbocycles. The number of thiazole rings is 1. The van der Waals surface area contributed by atoms with Gasteiger partial charge in [-0.3, -0.25) is 14.9 Å². The van der Waals surface area contributed by atoms with Crippen LogP contribution < -0.4 is 5.32 Å². The fourth-order valence-corrected chi connectivity index (χ4v) is 4.38. The lowest BCUT2D eigenvalue weighted by Gasteiger charge is -2.27. The monoisotopic (exact) mass is 484 g/mol. The summed E-state index contributed by atoms with van der Waals surface area (Å²) in [5.41, 5.74) is 2.78. The highest BCUT2D eigenvalue weighted by Crippen LogP contribution is 2.32. The number of hydrogen-bond acceptors (Lipinski definition) is 5. The number of carbonyl (C=O) groups is 2. The van der Waals surface area contributed by atoms with Crippen molar-refractivity contribution in [1.82, 2.24) is 9.88 Å². The first-order chi connectivity index (χ1) is 16.9. The first kappa shape index (κ1) is 23.8. The van der Waals surface area contributed by atoms with Crippen LogP contribution >= 0.6 is 11.3 Å². The molecule has 0 saturated carbocycles. The zero-order chi connectivity index (χ0) is 24.9. The number of hydrogen-bond donors (Lipinski definition) is 1. The van der Waals surface area contributed by atoms with Crippen LogP contribution in [0.1, 0.15) is 28.4 Å². The van der Waals surface area contributed by atoms with Crippen molar-refractivity contribution in [2.45, 2.75) is 19.5 Å². The predicted molar refractivity (Wildman–Crippen MR) is 134 cm³/mol. The molecule has 0 unspecified atom stereocenters. The lowest BCUT2D eigenvalue weighted by Crippen LogP contribution is -2.45. The van der Waals surface area contributed by atoms with Gasteiger partial charge in [0.15, 0.2) is 5.13 Å². The number of carbonyl (C=O) groups excluding carboxylic acids is 2. The highest BCUT2D eigenvalue weighted by atomic mass is 32.1. The summed E-state index contributed by atoms with van der Waals surface area (Å²) in [5, 5.41) is 13.9. The normalized spacial score (nSPS) is 13.7. The molecule has 1 aromatic heterocycles. The first-order valence-electron chi connectivity index (χ1n) is 10.8. The second kappa shape index (κ2) is 10.3. The molecule has 0 radical (unpaired) electrons. The molecule has 174 valence electrons. The molecule has 4 rings (SSSR count). The summed E-state index contributed by atoms with van der Waals surface area (Å²) in [6, 6.07) is 10.5. The van der Waals surface area contributed by atoms with Gasteiger partial charge in [0.25, 0.3) is 11.8 Å². The van der Waals surface area contributed by atoms with E-state index in [1.54, 1.807) is 54.1 Å². The minimum Gasteiger partial charge on any atom is -0.318 e. The molecule has 1 aliphatic heterocycles. The molecule has 0 saturated heterocycles. The van der Waals surface area contributed by atoms with Gasteiger partial charge in [0.05, 0.1) is 5.56 Å². The molecular formula is C27H21FN4O2S. The molecule has 8 heteroatoms. The van der Waals surface area contributed by atoms with Crippen LogP contribution in [0, 0.1) is 17.1 Å². The van der Waals surface area contributed by atoms with Gasteiger partial charge >= 0.3 is 0 Å². The van der Waals surface area contributed by atoms with Crippen molar-refractivity contribution >= 4 is 28.3 Å². The Morgan fingerprint density at radius 1 is 1.29 bits per heavy atom. The van der Waals surface area contributed by atoms with Gasteiger partial charge in [-0.1, -0.05) is 49.1 Å². The number of rotatable bonds is 7. The van der Waals surface area contributed by atoms with Gasteiger partial charge < -0.3 is 4.90 Å². The lowest BCUT2D eigenvalue weighted by molar-refractivity contribution is -0.119. The molecule has 2 heterocycles. The van der Waals surface area contributed by atoms with Crippen molar-refractivity contribution < 1.29 is 14.0 Å². The number of benzene rings is 2. The zero-order valence-corrected chi connectivity index (χ0v) is 19.7. The molecule has 3 aromatic rings. The van der Waals surface area contributed by atoms with Crippen molar-refractivity contribution in [2.75, 3.05) is 5.32 Å². The van der Waals surface area contributed by atoms with Crippen LogP contribution in [0.3, 0.4) is 0 Å². The first-order valence-corrected chi connectivity index (χ1v) is 11.6. The Labute approximate surface area is 206 Å². The third-order valence-corrected chi connectivity index (χ3v) is 6.24. The van der Waals surface area contributed by atoms with Crippen LogP contribution in [0.15, 0.2) is 84.4 Å². The Bertz CT molecular complexity index is 1400. The number of anilines is 1. The van der Waals surface area contributed by atoms with Crippen LogP contribution in [0.25, 0.3) is 11.1 Å². The van der Waals surface area contributed by atoms with E-state index in [1.165, 1.54) is 28.4 Å². The van der Waals surface area contributed by atoms with Crippen molar-refractivity contribution in [1.29, 1.82) is 5.26 Å². The van der Waals surface area contributed by atoms with E-state index in [-0.39, 0.29) is 18.0 Å². The van der Waals surface area contributed by atoms with Crippen molar-refractivity contribution in [2.24, 2.45) is 0 Å². The molecule has 1 N–H and O–H groups in total. The quantitative estimate of drug-likeness (QED) is 0.451. The zero-order valence-electron chi connectivity index (χ0n) is 18.9. The number of halogens is 1. The molecular weight excluding hydrogens is 463 g/mol. The molecule has 35 heavy (non-hydrogen) atoms. The third kappa shape index (κ3) is 4.95. The molecule has 1 aliphatic rings. The molecule has 0 aliphatic carbocycles. The van der Waals surface area contributed by atoms with Crippen LogP contribution in [-0.2, 0) is 11.3 Å². The summed E-state index contributed by atoms with van der Waals surface area (Å²) in [7, 11) is 0. The second-order valence-corrected chi connectivity index (χ2v) is 8.69. The third-order valence-electron chi connectivity index (χ3n) is 5.55. The SMILES string of the molecule is C=C(/C=C\C=C/C)[C@@H](C(=O)Nc1nccs1)N1Cc2ccc(-c3ccc(C#N)c(F)c3)cc2C1=O. The maximum absolute atomic E-state index is 14.1. The van der Waals surface area contributed by atoms with Crippen molar-refractivity contribution in [3.05, 3.63) is 107 Å². The van der Waals surface area contributed by atoms with Gasteiger partial charge in [-0.05, 0) is 47.4 Å². The number of nitrogens with zero attached hydrogens (tertiary/aromatic N) is 3. The van der Waals surface area contributed by atoms with Crippen LogP contribution in [0.4, 0.5) is 9.52 Å². The van der Waals surface area contributed by atoms with Crippen LogP contribution in [0.2, 0.25) is 0 Å². The Kier molecular flexibility index (Phi) is 6.99. The van der Waals surface area contributed by atoms with Crippen LogP contribution in [0.5, 0.6) is 0 Å². The maximum atomic E-state index is 14.1. The Hall–Kier alpha value is -4.35. The number of amides is 2. The van der Waals surface area contributed by atoms with E-state index in [0.29, 0.717) is 27.4 Å². The highest BCUT2D eigenvalue weighted by molar-refractivity contribution is 7.13. The topological polar surface area (TPSA) is 86.1 Å². The number of fused-ring (bicyclic) bond motifs is 1. The summed E-state index contributed by atoms with van der Waals surface area (Å²) in [6.45, 7) is 6.15. The molecule has 0 spiro atoms. The predicted octanol–water partition coefficient (Wildman–Crippen LogP) is 5.47. The minimum atomic E-state index is -0.948. The molecule has 2 amide bonds. The van der Waals surface area contributed by atoms with Gasteiger partial charge in [0.1, 0.15) is 17.9 Å². The van der Waals surface area contributed by atoms with E-state index in [2.05, 4.69) is 16.9 Å². The van der Waals surface area contributed by atoms with Gasteiger partial charge in [0, 0.05) is 23.7 Å². The smallest absolute Gasteiger partial charge is 0.255 e. The van der Waals surface area contributed by atoms with Gasteiger partial charge in [-0.25, -0.2) is 9.37 Å². The van der Waals surface area contributed by atoms with E-state index < -0.39 is 17.8 Å². The van der Waals surface area contributed by atoms with Crippen molar-refractivity contribution in [3.63, 3.8) is 0 Å². The minimum absolute atomic E-state index is 0.0456. The Morgan fingerprint density at radius 3 is 2.74 bits per heavy atom. The van der Waals surface area contributed by atoms with E-state index >= 15 is 0 Å². The van der Waals surface area contributed by atoms with Gasteiger partial charge in [-0.15, -0.1) is 11.3 Å². The molecule has 6 nitrogen and oxygen atoms in total. The number of allylic oxidation sites excluding steroid dienone is 3. The molecule has 0 bridgehead atoms. The molecule has 1 atom stereocenters. The van der Waals surface area contributed by atoms with Gasteiger partial charge in [-0.2, -0.15) is 5.26 Å². The summed E-state index contributed by atoms with van der Waals surface area (Å²) in [4.78, 5) is 32.3. The second-order valence-electron chi connectivity index (χ2n) is 7.80. The van der Waals surface area contributed by atoms with E-state index in [0.717, 1.165) is 5.56 Å². The average Bonchev–Trinajstić information content (AvgIpc) is 3.47. The van der Waals surface area contributed by atoms with E-state index in [1.807, 2.05) is 19.1 Å². The summed E-state index contributed by atoms with van der Waals surface area (Å²) in [5.74, 6) is -1.36. The highest BCUT2D eigenvalue weighted by Gasteiger charge is 2.37. The maximum Gasteiger partial charge on any atom is 0.255 e. The number of nitrogens with one attached hydrogen (secondary N) is 1. The Balaban J connectivity index is 1.65. The summed E-state index contributed by atoms with van der Waals surface area (Å²) >= 11 is 1.28. The summed E-state index contributed by atoms with van der Waals surface area (Å²) in [6.07, 6.45) is 8.70.